The van der Waals surface area contributed by atoms with Crippen LogP contribution in [0.1, 0.15) is 46.9 Å². The summed E-state index contributed by atoms with van der Waals surface area (Å²) in [5.74, 6) is 0.260. The molecule has 0 spiro atoms. The topological polar surface area (TPSA) is 105 Å². The normalized spacial score (nSPS) is 13.4. The molecule has 1 amide bonds. The lowest BCUT2D eigenvalue weighted by Gasteiger charge is -2.18. The number of nitrogens with two attached hydrogens (primary N) is 1. The van der Waals surface area contributed by atoms with Gasteiger partial charge in [-0.1, -0.05) is 31.5 Å². The van der Waals surface area contributed by atoms with Crippen LogP contribution in [0.4, 0.5) is 5.82 Å². The largest absolute Gasteiger partial charge is 0.364 e. The molecule has 9 heteroatoms. The molecular formula is C21H20ClN7O. The van der Waals surface area contributed by atoms with Crippen LogP contribution in [-0.4, -0.2) is 30.7 Å². The summed E-state index contributed by atoms with van der Waals surface area (Å²) in [5, 5.41) is 12.1. The second-order valence-corrected chi connectivity index (χ2v) is 8.21. The Morgan fingerprint density at radius 1 is 1.23 bits per heavy atom. The molecule has 0 radical (unpaired) electrons. The number of anilines is 1. The molecule has 3 aromatic heterocycles. The summed E-state index contributed by atoms with van der Waals surface area (Å²) < 4.78 is 1.68. The summed E-state index contributed by atoms with van der Waals surface area (Å²) in [6.45, 7) is 5.44. The summed E-state index contributed by atoms with van der Waals surface area (Å²) >= 11 is 6.18. The van der Waals surface area contributed by atoms with Crippen LogP contribution in [-0.2, 0) is 13.1 Å². The number of nitrogens with one attached hydrogen (secondary N) is 1. The van der Waals surface area contributed by atoms with Crippen molar-refractivity contribution < 1.29 is 4.79 Å². The van der Waals surface area contributed by atoms with Crippen LogP contribution in [0.3, 0.4) is 0 Å². The second-order valence-electron chi connectivity index (χ2n) is 7.77. The minimum Gasteiger partial charge on any atom is -0.364 e. The molecule has 4 heterocycles. The average Bonchev–Trinajstić information content (AvgIpc) is 3.43. The van der Waals surface area contributed by atoms with Gasteiger partial charge in [-0.3, -0.25) is 9.89 Å². The summed E-state index contributed by atoms with van der Waals surface area (Å²) in [4.78, 5) is 19.2. The van der Waals surface area contributed by atoms with Crippen molar-refractivity contribution in [1.82, 2.24) is 24.8 Å². The Bertz CT molecular complexity index is 1280. The third-order valence-corrected chi connectivity index (χ3v) is 5.67. The quantitative estimate of drug-likeness (QED) is 0.524. The SMILES string of the molecule is CC(C)c1c(C(N)=O)nn2c(-c3cn[nH]c3)cc(N3Cc4ccc(Cl)cc4C3)nc12. The standard InChI is InChI=1S/C21H20ClN7O/c1-11(2)18-19(20(23)30)27-29-16(14-7-24-25-8-14)6-17(26-21(18)29)28-9-12-3-4-15(22)5-13(12)10-28/h3-8,11H,9-10H2,1-2H3,(H2,23,30)(H,24,25). The van der Waals surface area contributed by atoms with Gasteiger partial charge in [0.15, 0.2) is 11.3 Å². The number of halogens is 1. The van der Waals surface area contributed by atoms with E-state index < -0.39 is 5.91 Å². The van der Waals surface area contributed by atoms with E-state index in [9.17, 15) is 4.79 Å². The lowest BCUT2D eigenvalue weighted by Crippen LogP contribution is -2.17. The van der Waals surface area contributed by atoms with E-state index in [1.165, 1.54) is 11.1 Å². The molecule has 1 aliphatic heterocycles. The summed E-state index contributed by atoms with van der Waals surface area (Å²) in [5.41, 5.74) is 11.3. The Kier molecular flexibility index (Phi) is 4.25. The van der Waals surface area contributed by atoms with Crippen LogP contribution in [0.25, 0.3) is 16.9 Å². The number of primary amides is 1. The third kappa shape index (κ3) is 2.91. The number of amides is 1. The van der Waals surface area contributed by atoms with E-state index in [2.05, 4.69) is 26.3 Å². The summed E-state index contributed by atoms with van der Waals surface area (Å²) in [6, 6.07) is 7.92. The zero-order chi connectivity index (χ0) is 21.0. The number of hydrogen-bond acceptors (Lipinski definition) is 5. The van der Waals surface area contributed by atoms with E-state index in [-0.39, 0.29) is 11.6 Å². The molecule has 0 aliphatic carbocycles. The van der Waals surface area contributed by atoms with Crippen molar-refractivity contribution in [2.45, 2.75) is 32.9 Å². The molecule has 8 nitrogen and oxygen atoms in total. The molecular weight excluding hydrogens is 402 g/mol. The number of carbonyl (C=O) groups is 1. The minimum absolute atomic E-state index is 0.0273. The molecule has 0 saturated carbocycles. The number of fused-ring (bicyclic) bond motifs is 2. The van der Waals surface area contributed by atoms with E-state index >= 15 is 0 Å². The van der Waals surface area contributed by atoms with Crippen molar-refractivity contribution in [3.8, 4) is 11.3 Å². The fourth-order valence-corrected chi connectivity index (χ4v) is 4.21. The van der Waals surface area contributed by atoms with Crippen LogP contribution in [0.5, 0.6) is 0 Å². The number of hydrogen-bond donors (Lipinski definition) is 2. The first-order chi connectivity index (χ1) is 14.4. The maximum absolute atomic E-state index is 12.1. The highest BCUT2D eigenvalue weighted by molar-refractivity contribution is 6.30. The first-order valence-corrected chi connectivity index (χ1v) is 10.0. The number of benzene rings is 1. The van der Waals surface area contributed by atoms with Crippen LogP contribution < -0.4 is 10.6 Å². The minimum atomic E-state index is -0.563. The van der Waals surface area contributed by atoms with Gasteiger partial charge < -0.3 is 10.6 Å². The van der Waals surface area contributed by atoms with Crippen LogP contribution in [0.15, 0.2) is 36.7 Å². The van der Waals surface area contributed by atoms with Gasteiger partial charge in [0, 0.05) is 41.5 Å². The van der Waals surface area contributed by atoms with Crippen molar-refractivity contribution >= 4 is 29.0 Å². The highest BCUT2D eigenvalue weighted by Crippen LogP contribution is 2.34. The molecule has 4 aromatic rings. The van der Waals surface area contributed by atoms with E-state index in [1.807, 2.05) is 32.0 Å². The van der Waals surface area contributed by atoms with Gasteiger partial charge in [0.2, 0.25) is 0 Å². The zero-order valence-electron chi connectivity index (χ0n) is 16.6. The predicted molar refractivity (Wildman–Crippen MR) is 115 cm³/mol. The molecule has 0 saturated heterocycles. The number of nitrogens with zero attached hydrogens (tertiary/aromatic N) is 5. The van der Waals surface area contributed by atoms with Gasteiger partial charge in [-0.15, -0.1) is 0 Å². The lowest BCUT2D eigenvalue weighted by molar-refractivity contribution is 0.0994. The number of carbonyl (C=O) groups excluding carboxylic acids is 1. The summed E-state index contributed by atoms with van der Waals surface area (Å²) in [6.07, 6.45) is 3.51. The van der Waals surface area contributed by atoms with Gasteiger partial charge in [0.05, 0.1) is 11.9 Å². The molecule has 152 valence electrons. The lowest BCUT2D eigenvalue weighted by atomic mass is 10.0. The van der Waals surface area contributed by atoms with Crippen molar-refractivity contribution in [3.63, 3.8) is 0 Å². The molecule has 5 rings (SSSR count). The van der Waals surface area contributed by atoms with Crippen molar-refractivity contribution in [3.05, 3.63) is 64.1 Å². The van der Waals surface area contributed by atoms with Crippen molar-refractivity contribution in [2.75, 3.05) is 4.90 Å². The number of H-pyrrole nitrogens is 1. The first kappa shape index (κ1) is 18.6. The fourth-order valence-electron chi connectivity index (χ4n) is 4.02. The molecule has 0 bridgehead atoms. The Morgan fingerprint density at radius 3 is 2.73 bits per heavy atom. The Labute approximate surface area is 177 Å². The summed E-state index contributed by atoms with van der Waals surface area (Å²) in [7, 11) is 0. The molecule has 3 N–H and O–H groups in total. The van der Waals surface area contributed by atoms with E-state index in [1.54, 1.807) is 16.9 Å². The Morgan fingerprint density at radius 2 is 2.03 bits per heavy atom. The van der Waals surface area contributed by atoms with Crippen LogP contribution in [0, 0.1) is 0 Å². The Balaban J connectivity index is 1.72. The zero-order valence-corrected chi connectivity index (χ0v) is 17.3. The number of aromatic amines is 1. The average molecular weight is 422 g/mol. The van der Waals surface area contributed by atoms with Gasteiger partial charge in [0.1, 0.15) is 5.82 Å². The van der Waals surface area contributed by atoms with Crippen molar-refractivity contribution in [2.24, 2.45) is 5.73 Å². The molecule has 0 fully saturated rings. The van der Waals surface area contributed by atoms with Gasteiger partial charge in [-0.05, 0) is 29.2 Å². The second kappa shape index (κ2) is 6.84. The van der Waals surface area contributed by atoms with Gasteiger partial charge in [0.25, 0.3) is 5.91 Å². The molecule has 0 atom stereocenters. The highest BCUT2D eigenvalue weighted by atomic mass is 35.5. The first-order valence-electron chi connectivity index (χ1n) is 9.67. The monoisotopic (exact) mass is 421 g/mol. The smallest absolute Gasteiger partial charge is 0.269 e. The fraction of sp³-hybridized carbons (Fsp3) is 0.238. The number of aromatic nitrogens is 5. The third-order valence-electron chi connectivity index (χ3n) is 5.43. The van der Waals surface area contributed by atoms with E-state index in [0.29, 0.717) is 12.2 Å². The maximum atomic E-state index is 12.1. The van der Waals surface area contributed by atoms with Gasteiger partial charge >= 0.3 is 0 Å². The van der Waals surface area contributed by atoms with Crippen LogP contribution >= 0.6 is 11.6 Å². The van der Waals surface area contributed by atoms with Crippen molar-refractivity contribution in [1.29, 1.82) is 0 Å². The van der Waals surface area contributed by atoms with E-state index in [0.717, 1.165) is 34.2 Å². The molecule has 0 unspecified atom stereocenters. The molecule has 30 heavy (non-hydrogen) atoms. The highest BCUT2D eigenvalue weighted by Gasteiger charge is 2.26. The molecule has 1 aliphatic rings. The van der Waals surface area contributed by atoms with Crippen LogP contribution in [0.2, 0.25) is 5.02 Å². The number of rotatable bonds is 4. The predicted octanol–water partition coefficient (Wildman–Crippen LogP) is 3.52. The molecule has 1 aromatic carbocycles. The van der Waals surface area contributed by atoms with Gasteiger partial charge in [-0.2, -0.15) is 10.2 Å². The maximum Gasteiger partial charge on any atom is 0.269 e. The van der Waals surface area contributed by atoms with E-state index in [4.69, 9.17) is 22.3 Å². The Hall–Kier alpha value is -3.39. The van der Waals surface area contributed by atoms with Gasteiger partial charge in [-0.25, -0.2) is 9.50 Å².